The number of carbonyl (C=O) groups is 2. The first-order chi connectivity index (χ1) is 16.4. The van der Waals surface area contributed by atoms with Crippen LogP contribution in [-0.2, 0) is 0 Å². The Kier molecular flexibility index (Phi) is 9.86. The summed E-state index contributed by atoms with van der Waals surface area (Å²) in [6.07, 6.45) is 3.41. The summed E-state index contributed by atoms with van der Waals surface area (Å²) in [7, 11) is 0. The quantitative estimate of drug-likeness (QED) is 0.408. The third-order valence-electron chi connectivity index (χ3n) is 6.00. The Morgan fingerprint density at radius 2 is 1.74 bits per heavy atom. The minimum Gasteiger partial charge on any atom is -0.371 e. The second kappa shape index (κ2) is 12.8. The molecule has 0 bridgehead atoms. The van der Waals surface area contributed by atoms with Gasteiger partial charge in [0, 0.05) is 37.6 Å². The van der Waals surface area contributed by atoms with Crippen molar-refractivity contribution in [1.29, 1.82) is 0 Å². The molecule has 184 valence electrons. The number of likely N-dealkylation sites (N-methyl/N-ethyl adjacent to an activating group) is 1. The van der Waals surface area contributed by atoms with Crippen LogP contribution in [-0.4, -0.2) is 56.1 Å². The van der Waals surface area contributed by atoms with Gasteiger partial charge in [0.05, 0.1) is 21.3 Å². The maximum atomic E-state index is 13.2. The number of hydrogen-bond donors (Lipinski definition) is 3. The van der Waals surface area contributed by atoms with Crippen LogP contribution >= 0.6 is 23.2 Å². The Morgan fingerprint density at radius 1 is 1.00 bits per heavy atom. The van der Waals surface area contributed by atoms with Crippen molar-refractivity contribution in [2.75, 3.05) is 54.8 Å². The first-order valence-corrected chi connectivity index (χ1v) is 12.6. The third-order valence-corrected chi connectivity index (χ3v) is 6.82. The molecule has 3 rings (SSSR count). The standard InChI is InChI=1S/C25H33Cl2N5O2/c1-3-31(4-2)16-13-28-24(33)19-17-18(11-12-22(19)32-14-6-5-7-15-32)29-25(34)30-21-10-8-9-20(26)23(21)27/h8-12,17H,3-7,13-16H2,1-2H3,(H,28,33)(H2,29,30,34). The maximum absolute atomic E-state index is 13.2. The monoisotopic (exact) mass is 505 g/mol. The minimum atomic E-state index is -0.470. The maximum Gasteiger partial charge on any atom is 0.323 e. The van der Waals surface area contributed by atoms with Crippen molar-refractivity contribution in [3.63, 3.8) is 0 Å². The first-order valence-electron chi connectivity index (χ1n) is 11.8. The number of carbonyl (C=O) groups excluding carboxylic acids is 2. The molecule has 1 heterocycles. The van der Waals surface area contributed by atoms with E-state index >= 15 is 0 Å². The number of hydrogen-bond acceptors (Lipinski definition) is 4. The van der Waals surface area contributed by atoms with Crippen molar-refractivity contribution >= 4 is 52.2 Å². The number of halogens is 2. The molecule has 3 N–H and O–H groups in total. The van der Waals surface area contributed by atoms with Gasteiger partial charge in [-0.25, -0.2) is 4.79 Å². The summed E-state index contributed by atoms with van der Waals surface area (Å²) >= 11 is 12.2. The van der Waals surface area contributed by atoms with Gasteiger partial charge in [-0.2, -0.15) is 0 Å². The lowest BCUT2D eigenvalue weighted by Gasteiger charge is -2.30. The van der Waals surface area contributed by atoms with E-state index in [2.05, 4.69) is 39.6 Å². The van der Waals surface area contributed by atoms with Gasteiger partial charge < -0.3 is 25.8 Å². The van der Waals surface area contributed by atoms with E-state index in [4.69, 9.17) is 23.2 Å². The summed E-state index contributed by atoms with van der Waals surface area (Å²) in [5.41, 5.74) is 2.38. The third kappa shape index (κ3) is 7.01. The summed E-state index contributed by atoms with van der Waals surface area (Å²) < 4.78 is 0. The van der Waals surface area contributed by atoms with Gasteiger partial charge in [-0.1, -0.05) is 43.1 Å². The highest BCUT2D eigenvalue weighted by Gasteiger charge is 2.20. The van der Waals surface area contributed by atoms with Gasteiger partial charge in [0.25, 0.3) is 5.91 Å². The van der Waals surface area contributed by atoms with Crippen molar-refractivity contribution in [2.24, 2.45) is 0 Å². The van der Waals surface area contributed by atoms with E-state index in [-0.39, 0.29) is 10.9 Å². The van der Waals surface area contributed by atoms with E-state index in [9.17, 15) is 9.59 Å². The van der Waals surface area contributed by atoms with Crippen LogP contribution in [0.2, 0.25) is 10.0 Å². The van der Waals surface area contributed by atoms with Gasteiger partial charge in [0.1, 0.15) is 0 Å². The number of piperidine rings is 1. The largest absolute Gasteiger partial charge is 0.371 e. The number of nitrogens with one attached hydrogen (secondary N) is 3. The topological polar surface area (TPSA) is 76.7 Å². The molecular formula is C25H33Cl2N5O2. The zero-order chi connectivity index (χ0) is 24.5. The number of urea groups is 1. The lowest BCUT2D eigenvalue weighted by Crippen LogP contribution is -2.36. The van der Waals surface area contributed by atoms with Gasteiger partial charge in [-0.05, 0) is 62.7 Å². The molecule has 0 radical (unpaired) electrons. The zero-order valence-electron chi connectivity index (χ0n) is 19.8. The molecule has 9 heteroatoms. The molecule has 2 aromatic rings. The van der Waals surface area contributed by atoms with Crippen molar-refractivity contribution in [3.8, 4) is 0 Å². The van der Waals surface area contributed by atoms with Gasteiger partial charge in [0.2, 0.25) is 0 Å². The molecule has 3 amide bonds. The van der Waals surface area contributed by atoms with Gasteiger partial charge in [0.15, 0.2) is 0 Å². The van der Waals surface area contributed by atoms with Crippen LogP contribution in [0.1, 0.15) is 43.5 Å². The summed E-state index contributed by atoms with van der Waals surface area (Å²) in [4.78, 5) is 30.3. The van der Waals surface area contributed by atoms with Crippen molar-refractivity contribution < 1.29 is 9.59 Å². The molecule has 0 unspecified atom stereocenters. The van der Waals surface area contributed by atoms with Crippen LogP contribution in [0.15, 0.2) is 36.4 Å². The second-order valence-corrected chi connectivity index (χ2v) is 9.03. The number of rotatable bonds is 9. The normalized spacial score (nSPS) is 13.6. The molecule has 1 aliphatic rings. The lowest BCUT2D eigenvalue weighted by atomic mass is 10.1. The smallest absolute Gasteiger partial charge is 0.323 e. The van der Waals surface area contributed by atoms with E-state index < -0.39 is 6.03 Å². The molecule has 34 heavy (non-hydrogen) atoms. The molecule has 1 aliphatic heterocycles. The van der Waals surface area contributed by atoms with Crippen LogP contribution in [0.25, 0.3) is 0 Å². The predicted molar refractivity (Wildman–Crippen MR) is 142 cm³/mol. The summed E-state index contributed by atoms with van der Waals surface area (Å²) in [5.74, 6) is -0.144. The lowest BCUT2D eigenvalue weighted by molar-refractivity contribution is 0.0949. The van der Waals surface area contributed by atoms with E-state index in [1.165, 1.54) is 6.42 Å². The second-order valence-electron chi connectivity index (χ2n) is 8.24. The van der Waals surface area contributed by atoms with Crippen LogP contribution in [0.5, 0.6) is 0 Å². The van der Waals surface area contributed by atoms with Crippen molar-refractivity contribution in [1.82, 2.24) is 10.2 Å². The van der Waals surface area contributed by atoms with Gasteiger partial charge in [-0.3, -0.25) is 4.79 Å². The molecule has 2 aromatic carbocycles. The first kappa shape index (κ1) is 26.1. The average molecular weight is 506 g/mol. The molecule has 7 nitrogen and oxygen atoms in total. The summed E-state index contributed by atoms with van der Waals surface area (Å²) in [6, 6.07) is 10.0. The molecule has 0 atom stereocenters. The Labute approximate surface area is 211 Å². The number of benzene rings is 2. The molecule has 0 saturated carbocycles. The Balaban J connectivity index is 1.75. The summed E-state index contributed by atoms with van der Waals surface area (Å²) in [6.45, 7) is 9.28. The molecule has 0 spiro atoms. The Bertz CT molecular complexity index is 991. The Hall–Kier alpha value is -2.48. The van der Waals surface area contributed by atoms with E-state index in [1.807, 2.05) is 12.1 Å². The molecular weight excluding hydrogens is 473 g/mol. The molecule has 1 saturated heterocycles. The highest BCUT2D eigenvalue weighted by molar-refractivity contribution is 6.44. The van der Waals surface area contributed by atoms with E-state index in [1.54, 1.807) is 24.3 Å². The number of amides is 3. The SMILES string of the molecule is CCN(CC)CCNC(=O)c1cc(NC(=O)Nc2cccc(Cl)c2Cl)ccc1N1CCCCC1. The van der Waals surface area contributed by atoms with Crippen LogP contribution in [0.4, 0.5) is 21.9 Å². The highest BCUT2D eigenvalue weighted by Crippen LogP contribution is 2.30. The number of nitrogens with zero attached hydrogens (tertiary/aromatic N) is 2. The van der Waals surface area contributed by atoms with E-state index in [0.29, 0.717) is 28.5 Å². The van der Waals surface area contributed by atoms with E-state index in [0.717, 1.165) is 51.3 Å². The fourth-order valence-corrected chi connectivity index (χ4v) is 4.40. The average Bonchev–Trinajstić information content (AvgIpc) is 2.85. The Morgan fingerprint density at radius 3 is 2.44 bits per heavy atom. The minimum absolute atomic E-state index is 0.144. The number of anilines is 3. The van der Waals surface area contributed by atoms with Crippen molar-refractivity contribution in [2.45, 2.75) is 33.1 Å². The van der Waals surface area contributed by atoms with Crippen LogP contribution < -0.4 is 20.9 Å². The summed E-state index contributed by atoms with van der Waals surface area (Å²) in [5, 5.41) is 9.17. The fraction of sp³-hybridized carbons (Fsp3) is 0.440. The highest BCUT2D eigenvalue weighted by atomic mass is 35.5. The van der Waals surface area contributed by atoms with Gasteiger partial charge in [-0.15, -0.1) is 0 Å². The molecule has 0 aliphatic carbocycles. The predicted octanol–water partition coefficient (Wildman–Crippen LogP) is 5.70. The van der Waals surface area contributed by atoms with Crippen LogP contribution in [0, 0.1) is 0 Å². The fourth-order valence-electron chi connectivity index (χ4n) is 4.05. The zero-order valence-corrected chi connectivity index (χ0v) is 21.3. The van der Waals surface area contributed by atoms with Crippen molar-refractivity contribution in [3.05, 3.63) is 52.0 Å². The molecule has 0 aromatic heterocycles. The van der Waals surface area contributed by atoms with Gasteiger partial charge >= 0.3 is 6.03 Å². The molecule has 1 fully saturated rings. The van der Waals surface area contributed by atoms with Crippen LogP contribution in [0.3, 0.4) is 0 Å².